The Morgan fingerprint density at radius 3 is 2.77 bits per heavy atom. The van der Waals surface area contributed by atoms with Gasteiger partial charge in [-0.1, -0.05) is 12.1 Å². The van der Waals surface area contributed by atoms with E-state index in [1.807, 2.05) is 24.3 Å². The summed E-state index contributed by atoms with van der Waals surface area (Å²) in [5.74, 6) is 0.632. The average Bonchev–Trinajstić information content (AvgIpc) is 3.29. The fourth-order valence-electron chi connectivity index (χ4n) is 4.81. The first-order valence-electron chi connectivity index (χ1n) is 10.6. The second-order valence-corrected chi connectivity index (χ2v) is 8.53. The topological polar surface area (TPSA) is 105 Å². The lowest BCUT2D eigenvalue weighted by atomic mass is 9.76. The third-order valence-corrected chi connectivity index (χ3v) is 6.56. The molecule has 3 heterocycles. The van der Waals surface area contributed by atoms with E-state index in [1.165, 1.54) is 12.8 Å². The molecule has 2 fully saturated rings. The lowest BCUT2D eigenvalue weighted by molar-refractivity contribution is -0.128. The quantitative estimate of drug-likeness (QED) is 0.680. The van der Waals surface area contributed by atoms with E-state index in [0.29, 0.717) is 25.7 Å². The Labute approximate surface area is 174 Å². The Balaban J connectivity index is 1.25. The molecule has 2 aromatic rings. The fourth-order valence-corrected chi connectivity index (χ4v) is 4.81. The van der Waals surface area contributed by atoms with Gasteiger partial charge in [-0.05, 0) is 50.7 Å². The maximum atomic E-state index is 12.8. The van der Waals surface area contributed by atoms with Crippen LogP contribution in [0.2, 0.25) is 0 Å². The van der Waals surface area contributed by atoms with E-state index in [2.05, 4.69) is 26.7 Å². The normalized spacial score (nSPS) is 25.5. The molecule has 3 aliphatic rings. The highest BCUT2D eigenvalue weighted by atomic mass is 16.2. The Hall–Kier alpha value is -3.16. The van der Waals surface area contributed by atoms with Crippen molar-refractivity contribution in [3.05, 3.63) is 36.3 Å². The van der Waals surface area contributed by atoms with Gasteiger partial charge in [0.25, 0.3) is 5.91 Å². The number of benzene rings is 1. The highest BCUT2D eigenvalue weighted by molar-refractivity contribution is 6.07. The van der Waals surface area contributed by atoms with Gasteiger partial charge in [0, 0.05) is 36.3 Å². The van der Waals surface area contributed by atoms with Gasteiger partial charge >= 0.3 is 6.03 Å². The number of nitrogens with one attached hydrogen (secondary N) is 3. The zero-order chi connectivity index (χ0) is 20.7. The number of nitrogens with zero attached hydrogens (tertiary/aromatic N) is 2. The molecule has 1 aromatic heterocycles. The van der Waals surface area contributed by atoms with Crippen LogP contribution >= 0.6 is 0 Å². The van der Waals surface area contributed by atoms with Crippen LogP contribution in [0.3, 0.4) is 0 Å². The van der Waals surface area contributed by atoms with Crippen LogP contribution in [0.4, 0.5) is 10.5 Å². The van der Waals surface area contributed by atoms with Crippen LogP contribution < -0.4 is 16.0 Å². The van der Waals surface area contributed by atoms with E-state index in [1.54, 1.807) is 0 Å². The monoisotopic (exact) mass is 407 g/mol. The Bertz CT molecular complexity index is 996. The van der Waals surface area contributed by atoms with Crippen LogP contribution in [0.5, 0.6) is 0 Å². The minimum atomic E-state index is -0.839. The van der Waals surface area contributed by atoms with Crippen molar-refractivity contribution in [2.75, 3.05) is 5.32 Å². The third-order valence-electron chi connectivity index (χ3n) is 6.56. The number of carbonyl (C=O) groups is 3. The molecule has 30 heavy (non-hydrogen) atoms. The second kappa shape index (κ2) is 7.27. The molecule has 0 unspecified atom stereocenters. The summed E-state index contributed by atoms with van der Waals surface area (Å²) < 4.78 is 2.22. The summed E-state index contributed by atoms with van der Waals surface area (Å²) in [6.45, 7) is 1.01. The summed E-state index contributed by atoms with van der Waals surface area (Å²) in [6, 6.07) is 7.33. The van der Waals surface area contributed by atoms with Crippen LogP contribution in [-0.2, 0) is 22.6 Å². The van der Waals surface area contributed by atoms with Gasteiger partial charge in [-0.25, -0.2) is 9.78 Å². The summed E-state index contributed by atoms with van der Waals surface area (Å²) in [5.41, 5.74) is 1.83. The molecule has 156 valence electrons. The number of aryl methyl sites for hydroxylation is 2. The first-order chi connectivity index (χ1) is 14.5. The van der Waals surface area contributed by atoms with Crippen LogP contribution in [0, 0.1) is 5.92 Å². The van der Waals surface area contributed by atoms with Crippen molar-refractivity contribution in [2.24, 2.45) is 5.92 Å². The summed E-state index contributed by atoms with van der Waals surface area (Å²) in [6.07, 6.45) is 7.55. The molecule has 0 atom stereocenters. The van der Waals surface area contributed by atoms with E-state index >= 15 is 0 Å². The molecule has 1 aromatic carbocycles. The molecule has 4 amide bonds. The van der Waals surface area contributed by atoms with Crippen molar-refractivity contribution in [1.82, 2.24) is 20.2 Å². The predicted molar refractivity (Wildman–Crippen MR) is 111 cm³/mol. The summed E-state index contributed by atoms with van der Waals surface area (Å²) in [5, 5.41) is 8.06. The Kier molecular flexibility index (Phi) is 4.56. The molecular weight excluding hydrogens is 382 g/mol. The van der Waals surface area contributed by atoms with E-state index in [4.69, 9.17) is 4.98 Å². The Morgan fingerprint density at radius 1 is 1.20 bits per heavy atom. The highest BCUT2D eigenvalue weighted by Gasteiger charge is 2.48. The van der Waals surface area contributed by atoms with Crippen molar-refractivity contribution in [3.8, 4) is 11.3 Å². The summed E-state index contributed by atoms with van der Waals surface area (Å²) in [4.78, 5) is 41.1. The first kappa shape index (κ1) is 18.8. The Morgan fingerprint density at radius 2 is 2.03 bits per heavy atom. The van der Waals surface area contributed by atoms with Crippen molar-refractivity contribution in [2.45, 2.75) is 57.0 Å². The van der Waals surface area contributed by atoms with E-state index < -0.39 is 11.6 Å². The smallest absolute Gasteiger partial charge is 0.322 e. The molecule has 1 aliphatic carbocycles. The zero-order valence-electron chi connectivity index (χ0n) is 16.7. The average molecular weight is 407 g/mol. The zero-order valence-corrected chi connectivity index (χ0v) is 16.7. The molecule has 1 saturated carbocycles. The number of amides is 4. The van der Waals surface area contributed by atoms with Crippen molar-refractivity contribution in [1.29, 1.82) is 0 Å². The van der Waals surface area contributed by atoms with Gasteiger partial charge in [-0.3, -0.25) is 14.9 Å². The number of imidazole rings is 1. The standard InChI is InChI=1S/C22H25N5O3/c28-19(14-7-9-22(10-8-14)20(29)25-21(30)26-22)23-16-5-3-4-15(12-16)17-13-27-11-2-1-6-18(27)24-17/h3-5,12-14H,1-2,6-11H2,(H,23,28)(H2,25,26,29,30). The first-order valence-corrected chi connectivity index (χ1v) is 10.6. The minimum absolute atomic E-state index is 0.0455. The third kappa shape index (κ3) is 3.36. The molecule has 8 heteroatoms. The van der Waals surface area contributed by atoms with E-state index in [0.717, 1.165) is 35.7 Å². The van der Waals surface area contributed by atoms with Crippen molar-refractivity contribution in [3.63, 3.8) is 0 Å². The molecule has 0 radical (unpaired) electrons. The number of aromatic nitrogens is 2. The number of urea groups is 1. The molecule has 1 saturated heterocycles. The molecular formula is C22H25N5O3. The van der Waals surface area contributed by atoms with Gasteiger partial charge in [0.05, 0.1) is 5.69 Å². The van der Waals surface area contributed by atoms with E-state index in [9.17, 15) is 14.4 Å². The minimum Gasteiger partial charge on any atom is -0.334 e. The SMILES string of the molecule is O=C1NC(=O)C2(CCC(C(=O)Nc3cccc(-c4cn5c(n4)CCCC5)c3)CC2)N1. The second-order valence-electron chi connectivity index (χ2n) is 8.53. The van der Waals surface area contributed by atoms with Gasteiger partial charge < -0.3 is 15.2 Å². The molecule has 2 aliphatic heterocycles. The maximum Gasteiger partial charge on any atom is 0.322 e. The summed E-state index contributed by atoms with van der Waals surface area (Å²) >= 11 is 0. The molecule has 0 bridgehead atoms. The number of rotatable bonds is 3. The maximum absolute atomic E-state index is 12.8. The van der Waals surface area contributed by atoms with Crippen LogP contribution in [-0.4, -0.2) is 32.9 Å². The highest BCUT2D eigenvalue weighted by Crippen LogP contribution is 2.35. The van der Waals surface area contributed by atoms with Gasteiger partial charge in [0.2, 0.25) is 5.91 Å². The van der Waals surface area contributed by atoms with Crippen molar-refractivity contribution >= 4 is 23.5 Å². The molecule has 3 N–H and O–H groups in total. The van der Waals surface area contributed by atoms with Crippen LogP contribution in [0.15, 0.2) is 30.5 Å². The van der Waals surface area contributed by atoms with Crippen LogP contribution in [0.25, 0.3) is 11.3 Å². The number of carbonyl (C=O) groups excluding carboxylic acids is 3. The van der Waals surface area contributed by atoms with Gasteiger partial charge in [0.15, 0.2) is 0 Å². The lowest BCUT2D eigenvalue weighted by Crippen LogP contribution is -2.50. The largest absolute Gasteiger partial charge is 0.334 e. The lowest BCUT2D eigenvalue weighted by Gasteiger charge is -2.33. The summed E-state index contributed by atoms with van der Waals surface area (Å²) in [7, 11) is 0. The molecule has 1 spiro atoms. The fraction of sp³-hybridized carbons (Fsp3) is 0.455. The molecule has 5 rings (SSSR count). The number of anilines is 1. The number of hydrogen-bond donors (Lipinski definition) is 3. The van der Waals surface area contributed by atoms with Crippen LogP contribution in [0.1, 0.15) is 44.3 Å². The van der Waals surface area contributed by atoms with Crippen molar-refractivity contribution < 1.29 is 14.4 Å². The predicted octanol–water partition coefficient (Wildman–Crippen LogP) is 2.59. The number of fused-ring (bicyclic) bond motifs is 1. The van der Waals surface area contributed by atoms with Gasteiger partial charge in [0.1, 0.15) is 11.4 Å². The molecule has 8 nitrogen and oxygen atoms in total. The number of hydrogen-bond acceptors (Lipinski definition) is 4. The van der Waals surface area contributed by atoms with Gasteiger partial charge in [-0.15, -0.1) is 0 Å². The number of imide groups is 1. The van der Waals surface area contributed by atoms with E-state index in [-0.39, 0.29) is 17.7 Å². The van der Waals surface area contributed by atoms with Gasteiger partial charge in [-0.2, -0.15) is 0 Å².